The van der Waals surface area contributed by atoms with E-state index in [0.717, 1.165) is 12.1 Å². The van der Waals surface area contributed by atoms with Crippen molar-refractivity contribution in [3.8, 4) is 0 Å². The van der Waals surface area contributed by atoms with E-state index < -0.39 is 4.92 Å². The minimum Gasteiger partial charge on any atom is -0.332 e. The molecule has 0 bridgehead atoms. The second kappa shape index (κ2) is 8.73. The van der Waals surface area contributed by atoms with Gasteiger partial charge in [-0.05, 0) is 22.0 Å². The Bertz CT molecular complexity index is 750. The molecule has 7 heteroatoms. The standard InChI is InChI=1S/C18H20BrN3O3/c1-12(2)11-20-17(13-6-4-3-5-7-13)18(23)21-16-9-8-14(22(24)25)10-15(16)19/h3-10,12,17,20H,11H2,1-2H3,(H,21,23)/p+1/t17-/m1/s1. The summed E-state index contributed by atoms with van der Waals surface area (Å²) >= 11 is 3.28. The normalized spacial score (nSPS) is 12.0. The molecular formula is C18H21BrN3O3+. The lowest BCUT2D eigenvalue weighted by atomic mass is 10.0. The first-order chi connectivity index (χ1) is 11.9. The molecule has 0 saturated heterocycles. The summed E-state index contributed by atoms with van der Waals surface area (Å²) in [6.45, 7) is 5.02. The summed E-state index contributed by atoms with van der Waals surface area (Å²) in [4.78, 5) is 23.1. The molecule has 0 aliphatic carbocycles. The molecular weight excluding hydrogens is 386 g/mol. The highest BCUT2D eigenvalue weighted by Crippen LogP contribution is 2.27. The molecule has 2 rings (SSSR count). The van der Waals surface area contributed by atoms with E-state index in [0.29, 0.717) is 16.1 Å². The van der Waals surface area contributed by atoms with Gasteiger partial charge in [-0.3, -0.25) is 14.9 Å². The lowest BCUT2D eigenvalue weighted by molar-refractivity contribution is -0.686. The van der Waals surface area contributed by atoms with Crippen molar-refractivity contribution < 1.29 is 15.0 Å². The molecule has 2 aromatic rings. The Morgan fingerprint density at radius 2 is 1.92 bits per heavy atom. The van der Waals surface area contributed by atoms with E-state index in [1.54, 1.807) is 0 Å². The van der Waals surface area contributed by atoms with Crippen LogP contribution in [0.1, 0.15) is 25.5 Å². The number of nitrogens with two attached hydrogens (primary N) is 1. The zero-order valence-corrected chi connectivity index (χ0v) is 15.7. The molecule has 0 fully saturated rings. The van der Waals surface area contributed by atoms with Crippen LogP contribution in [-0.2, 0) is 4.79 Å². The summed E-state index contributed by atoms with van der Waals surface area (Å²) < 4.78 is 0.478. The number of nitrogens with one attached hydrogen (secondary N) is 1. The first-order valence-electron chi connectivity index (χ1n) is 8.01. The number of carbonyl (C=O) groups is 1. The number of nitro groups is 1. The molecule has 1 atom stereocenters. The maximum Gasteiger partial charge on any atom is 0.287 e. The lowest BCUT2D eigenvalue weighted by Crippen LogP contribution is -2.88. The fourth-order valence-electron chi connectivity index (χ4n) is 2.39. The predicted molar refractivity (Wildman–Crippen MR) is 100 cm³/mol. The van der Waals surface area contributed by atoms with Crippen LogP contribution in [0, 0.1) is 16.0 Å². The van der Waals surface area contributed by atoms with Crippen molar-refractivity contribution in [2.45, 2.75) is 19.9 Å². The third-order valence-corrected chi connectivity index (χ3v) is 4.36. The number of nitro benzene ring substituents is 1. The van der Waals surface area contributed by atoms with Gasteiger partial charge in [-0.15, -0.1) is 0 Å². The molecule has 0 saturated carbocycles. The number of non-ortho nitro benzene ring substituents is 1. The quantitative estimate of drug-likeness (QED) is 0.546. The average Bonchev–Trinajstić information content (AvgIpc) is 2.57. The number of anilines is 1. The largest absolute Gasteiger partial charge is 0.332 e. The molecule has 0 aliphatic rings. The second-order valence-electron chi connectivity index (χ2n) is 6.16. The minimum absolute atomic E-state index is 0.0316. The molecule has 0 heterocycles. The third kappa shape index (κ3) is 5.37. The number of quaternary nitrogens is 1. The number of carbonyl (C=O) groups excluding carboxylic acids is 1. The molecule has 0 unspecified atom stereocenters. The number of benzene rings is 2. The Morgan fingerprint density at radius 3 is 2.48 bits per heavy atom. The van der Waals surface area contributed by atoms with Crippen LogP contribution in [0.4, 0.5) is 11.4 Å². The van der Waals surface area contributed by atoms with Crippen molar-refractivity contribution in [3.05, 3.63) is 68.7 Å². The molecule has 0 radical (unpaired) electrons. The Kier molecular flexibility index (Phi) is 6.66. The molecule has 2 aromatic carbocycles. The first-order valence-corrected chi connectivity index (χ1v) is 8.81. The zero-order chi connectivity index (χ0) is 18.4. The van der Waals surface area contributed by atoms with Crippen molar-refractivity contribution in [1.29, 1.82) is 0 Å². The van der Waals surface area contributed by atoms with Crippen LogP contribution in [-0.4, -0.2) is 17.4 Å². The number of amides is 1. The van der Waals surface area contributed by atoms with Gasteiger partial charge in [0.25, 0.3) is 11.6 Å². The van der Waals surface area contributed by atoms with E-state index in [1.807, 2.05) is 35.6 Å². The highest BCUT2D eigenvalue weighted by atomic mass is 79.9. The number of rotatable bonds is 7. The Labute approximate surface area is 154 Å². The van der Waals surface area contributed by atoms with Crippen LogP contribution in [0.3, 0.4) is 0 Å². The third-order valence-electron chi connectivity index (χ3n) is 3.71. The van der Waals surface area contributed by atoms with Crippen LogP contribution in [0.5, 0.6) is 0 Å². The van der Waals surface area contributed by atoms with Gasteiger partial charge in [0.15, 0.2) is 6.04 Å². The average molecular weight is 407 g/mol. The van der Waals surface area contributed by atoms with Gasteiger partial charge in [0.2, 0.25) is 0 Å². The minimum atomic E-state index is -0.473. The zero-order valence-electron chi connectivity index (χ0n) is 14.1. The fraction of sp³-hybridized carbons (Fsp3) is 0.278. The number of hydrogen-bond donors (Lipinski definition) is 2. The van der Waals surface area contributed by atoms with E-state index >= 15 is 0 Å². The monoisotopic (exact) mass is 406 g/mol. The maximum atomic E-state index is 12.8. The molecule has 1 amide bonds. The SMILES string of the molecule is CC(C)C[NH2+][C@@H](C(=O)Nc1ccc([N+](=O)[O-])cc1Br)c1ccccc1. The topological polar surface area (TPSA) is 88.8 Å². The van der Waals surface area contributed by atoms with Gasteiger partial charge in [0.1, 0.15) is 0 Å². The first kappa shape index (κ1) is 19.1. The summed E-state index contributed by atoms with van der Waals surface area (Å²) in [6.07, 6.45) is 0. The van der Waals surface area contributed by atoms with Gasteiger partial charge < -0.3 is 10.6 Å². The van der Waals surface area contributed by atoms with Gasteiger partial charge in [0, 0.05) is 28.1 Å². The molecule has 0 aliphatic heterocycles. The Morgan fingerprint density at radius 1 is 1.24 bits per heavy atom. The van der Waals surface area contributed by atoms with Crippen LogP contribution in [0.25, 0.3) is 0 Å². The molecule has 0 aromatic heterocycles. The Hall–Kier alpha value is -2.25. The van der Waals surface area contributed by atoms with E-state index in [4.69, 9.17) is 0 Å². The van der Waals surface area contributed by atoms with Crippen molar-refractivity contribution in [2.24, 2.45) is 5.92 Å². The van der Waals surface area contributed by atoms with Gasteiger partial charge in [-0.25, -0.2) is 0 Å². The van der Waals surface area contributed by atoms with Crippen LogP contribution in [0.15, 0.2) is 53.0 Å². The fourth-order valence-corrected chi connectivity index (χ4v) is 2.86. The van der Waals surface area contributed by atoms with Gasteiger partial charge >= 0.3 is 0 Å². The van der Waals surface area contributed by atoms with Crippen molar-refractivity contribution >= 4 is 33.2 Å². The van der Waals surface area contributed by atoms with E-state index in [-0.39, 0.29) is 17.6 Å². The summed E-state index contributed by atoms with van der Waals surface area (Å²) in [5, 5.41) is 15.7. The predicted octanol–water partition coefficient (Wildman–Crippen LogP) is 3.26. The second-order valence-corrected chi connectivity index (χ2v) is 7.02. The highest BCUT2D eigenvalue weighted by molar-refractivity contribution is 9.10. The van der Waals surface area contributed by atoms with E-state index in [1.165, 1.54) is 18.2 Å². The summed E-state index contributed by atoms with van der Waals surface area (Å²) in [7, 11) is 0. The smallest absolute Gasteiger partial charge is 0.287 e. The van der Waals surface area contributed by atoms with E-state index in [2.05, 4.69) is 35.1 Å². The summed E-state index contributed by atoms with van der Waals surface area (Å²) in [6, 6.07) is 13.5. The molecule has 25 heavy (non-hydrogen) atoms. The summed E-state index contributed by atoms with van der Waals surface area (Å²) in [5.74, 6) is 0.284. The maximum absolute atomic E-state index is 12.8. The van der Waals surface area contributed by atoms with Crippen molar-refractivity contribution in [2.75, 3.05) is 11.9 Å². The van der Waals surface area contributed by atoms with Crippen LogP contribution in [0.2, 0.25) is 0 Å². The summed E-state index contributed by atoms with van der Waals surface area (Å²) in [5.41, 5.74) is 1.39. The van der Waals surface area contributed by atoms with Gasteiger partial charge in [-0.2, -0.15) is 0 Å². The Balaban J connectivity index is 2.20. The van der Waals surface area contributed by atoms with Gasteiger partial charge in [-0.1, -0.05) is 44.2 Å². The van der Waals surface area contributed by atoms with Gasteiger partial charge in [0.05, 0.1) is 17.2 Å². The molecule has 132 valence electrons. The van der Waals surface area contributed by atoms with E-state index in [9.17, 15) is 14.9 Å². The van der Waals surface area contributed by atoms with Crippen molar-refractivity contribution in [1.82, 2.24) is 0 Å². The van der Waals surface area contributed by atoms with Crippen molar-refractivity contribution in [3.63, 3.8) is 0 Å². The number of halogens is 1. The highest BCUT2D eigenvalue weighted by Gasteiger charge is 2.25. The molecule has 3 N–H and O–H groups in total. The number of hydrogen-bond acceptors (Lipinski definition) is 3. The molecule has 6 nitrogen and oxygen atoms in total. The lowest BCUT2D eigenvalue weighted by Gasteiger charge is -2.17. The van der Waals surface area contributed by atoms with Crippen LogP contribution < -0.4 is 10.6 Å². The van der Waals surface area contributed by atoms with Crippen LogP contribution >= 0.6 is 15.9 Å². The number of nitrogens with zero attached hydrogens (tertiary/aromatic N) is 1. The molecule has 0 spiro atoms.